The van der Waals surface area contributed by atoms with Crippen molar-refractivity contribution >= 4 is 23.4 Å². The van der Waals surface area contributed by atoms with Gasteiger partial charge >= 0.3 is 0 Å². The monoisotopic (exact) mass is 296 g/mol. The molecule has 0 spiro atoms. The molecule has 2 N–H and O–H groups in total. The van der Waals surface area contributed by atoms with E-state index in [1.807, 2.05) is 11.8 Å². The molecule has 1 aliphatic rings. The number of anilines is 1. The molecule has 1 saturated carbocycles. The van der Waals surface area contributed by atoms with Crippen molar-refractivity contribution in [2.45, 2.75) is 37.5 Å². The van der Waals surface area contributed by atoms with Crippen molar-refractivity contribution < 1.29 is 9.18 Å². The first-order valence-electron chi connectivity index (χ1n) is 7.07. The molecular weight excluding hydrogens is 275 g/mol. The number of nitrogens with one attached hydrogen (secondary N) is 2. The molecule has 0 heterocycles. The predicted molar refractivity (Wildman–Crippen MR) is 82.6 cm³/mol. The summed E-state index contributed by atoms with van der Waals surface area (Å²) in [6.07, 6.45) is 3.48. The van der Waals surface area contributed by atoms with Gasteiger partial charge in [-0.1, -0.05) is 13.0 Å². The van der Waals surface area contributed by atoms with Crippen LogP contribution in [0.2, 0.25) is 0 Å². The van der Waals surface area contributed by atoms with Crippen LogP contribution in [0.1, 0.15) is 26.2 Å². The maximum absolute atomic E-state index is 13.0. The fourth-order valence-electron chi connectivity index (χ4n) is 2.52. The lowest BCUT2D eigenvalue weighted by Gasteiger charge is -2.13. The molecule has 3 nitrogen and oxygen atoms in total. The Morgan fingerprint density at radius 3 is 3.05 bits per heavy atom. The Hall–Kier alpha value is -1.07. The van der Waals surface area contributed by atoms with Gasteiger partial charge < -0.3 is 10.6 Å². The first kappa shape index (κ1) is 15.3. The first-order chi connectivity index (χ1) is 9.67. The Labute approximate surface area is 123 Å². The van der Waals surface area contributed by atoms with Crippen molar-refractivity contribution in [2.24, 2.45) is 0 Å². The van der Waals surface area contributed by atoms with E-state index >= 15 is 0 Å². The maximum atomic E-state index is 13.0. The van der Waals surface area contributed by atoms with Gasteiger partial charge in [0.1, 0.15) is 5.82 Å². The lowest BCUT2D eigenvalue weighted by atomic mass is 10.2. The molecule has 1 fully saturated rings. The summed E-state index contributed by atoms with van der Waals surface area (Å²) in [5, 5.41) is 6.71. The molecular formula is C15H21FN2OS. The summed E-state index contributed by atoms with van der Waals surface area (Å²) in [4.78, 5) is 11.8. The molecule has 0 aromatic heterocycles. The number of benzene rings is 1. The van der Waals surface area contributed by atoms with Crippen molar-refractivity contribution in [1.82, 2.24) is 5.32 Å². The van der Waals surface area contributed by atoms with Crippen molar-refractivity contribution in [1.29, 1.82) is 0 Å². The van der Waals surface area contributed by atoms with Crippen molar-refractivity contribution in [3.63, 3.8) is 0 Å². The zero-order chi connectivity index (χ0) is 14.4. The van der Waals surface area contributed by atoms with Gasteiger partial charge in [-0.3, -0.25) is 4.79 Å². The number of carbonyl (C=O) groups is 1. The SMILES string of the molecule is CCSC1CCC(NCC(=O)Nc2cccc(F)c2)C1. The molecule has 5 heteroatoms. The van der Waals surface area contributed by atoms with Crippen LogP contribution in [-0.4, -0.2) is 29.5 Å². The standard InChI is InChI=1S/C15H21FN2OS/c1-2-20-14-7-6-12(9-14)17-10-15(19)18-13-5-3-4-11(16)8-13/h3-5,8,12,14,17H,2,6-7,9-10H2,1H3,(H,18,19). The zero-order valence-electron chi connectivity index (χ0n) is 11.7. The van der Waals surface area contributed by atoms with Gasteiger partial charge in [-0.15, -0.1) is 0 Å². The highest BCUT2D eigenvalue weighted by atomic mass is 32.2. The number of hydrogen-bond acceptors (Lipinski definition) is 3. The minimum Gasteiger partial charge on any atom is -0.325 e. The fraction of sp³-hybridized carbons (Fsp3) is 0.533. The highest BCUT2D eigenvalue weighted by Gasteiger charge is 2.24. The summed E-state index contributed by atoms with van der Waals surface area (Å²) >= 11 is 2.00. The second-order valence-electron chi connectivity index (χ2n) is 5.03. The zero-order valence-corrected chi connectivity index (χ0v) is 12.5. The van der Waals surface area contributed by atoms with E-state index in [2.05, 4.69) is 17.6 Å². The molecule has 110 valence electrons. The Kier molecular flexibility index (Phi) is 5.86. The molecule has 2 unspecified atom stereocenters. The fourth-order valence-corrected chi connectivity index (χ4v) is 3.66. The highest BCUT2D eigenvalue weighted by Crippen LogP contribution is 2.29. The third kappa shape index (κ3) is 4.80. The molecule has 1 amide bonds. The summed E-state index contributed by atoms with van der Waals surface area (Å²) in [6, 6.07) is 6.38. The summed E-state index contributed by atoms with van der Waals surface area (Å²) in [5.74, 6) is 0.686. The van der Waals surface area contributed by atoms with E-state index in [1.54, 1.807) is 12.1 Å². The lowest BCUT2D eigenvalue weighted by molar-refractivity contribution is -0.115. The van der Waals surface area contributed by atoms with Gasteiger partial charge in [-0.2, -0.15) is 11.8 Å². The van der Waals surface area contributed by atoms with Crippen LogP contribution in [-0.2, 0) is 4.79 Å². The number of carbonyl (C=O) groups excluding carboxylic acids is 1. The summed E-state index contributed by atoms with van der Waals surface area (Å²) in [6.45, 7) is 2.46. The van der Waals surface area contributed by atoms with Crippen LogP contribution >= 0.6 is 11.8 Å². The van der Waals surface area contributed by atoms with Crippen molar-refractivity contribution in [3.8, 4) is 0 Å². The average Bonchev–Trinajstić information content (AvgIpc) is 2.85. The van der Waals surface area contributed by atoms with E-state index < -0.39 is 0 Å². The van der Waals surface area contributed by atoms with E-state index in [-0.39, 0.29) is 18.3 Å². The molecule has 1 aliphatic carbocycles. The smallest absolute Gasteiger partial charge is 0.238 e. The number of hydrogen-bond donors (Lipinski definition) is 2. The molecule has 0 saturated heterocycles. The first-order valence-corrected chi connectivity index (χ1v) is 8.12. The van der Waals surface area contributed by atoms with Crippen LogP contribution in [0, 0.1) is 5.82 Å². The molecule has 1 aromatic carbocycles. The highest BCUT2D eigenvalue weighted by molar-refractivity contribution is 7.99. The molecule has 1 aromatic rings. The number of thioether (sulfide) groups is 1. The topological polar surface area (TPSA) is 41.1 Å². The number of amides is 1. The van der Waals surface area contributed by atoms with Crippen LogP contribution in [0.25, 0.3) is 0 Å². The number of rotatable bonds is 6. The van der Waals surface area contributed by atoms with Gasteiger partial charge in [0.15, 0.2) is 0 Å². The maximum Gasteiger partial charge on any atom is 0.238 e. The third-order valence-electron chi connectivity index (χ3n) is 3.45. The molecule has 20 heavy (non-hydrogen) atoms. The second-order valence-corrected chi connectivity index (χ2v) is 6.60. The van der Waals surface area contributed by atoms with Crippen LogP contribution in [0.3, 0.4) is 0 Å². The minimum absolute atomic E-state index is 0.123. The minimum atomic E-state index is -0.342. The van der Waals surface area contributed by atoms with Gasteiger partial charge in [0.2, 0.25) is 5.91 Å². The van der Waals surface area contributed by atoms with E-state index in [0.717, 1.165) is 23.8 Å². The van der Waals surface area contributed by atoms with E-state index in [4.69, 9.17) is 0 Å². The van der Waals surface area contributed by atoms with Gasteiger partial charge in [0.05, 0.1) is 6.54 Å². The van der Waals surface area contributed by atoms with Crippen LogP contribution in [0.5, 0.6) is 0 Å². The van der Waals surface area contributed by atoms with Gasteiger partial charge in [0, 0.05) is 17.0 Å². The van der Waals surface area contributed by atoms with E-state index in [1.165, 1.54) is 18.6 Å². The van der Waals surface area contributed by atoms with Gasteiger partial charge in [-0.05, 0) is 43.2 Å². The quantitative estimate of drug-likeness (QED) is 0.848. The van der Waals surface area contributed by atoms with E-state index in [9.17, 15) is 9.18 Å². The van der Waals surface area contributed by atoms with Gasteiger partial charge in [-0.25, -0.2) is 4.39 Å². The van der Waals surface area contributed by atoms with Crippen molar-refractivity contribution in [3.05, 3.63) is 30.1 Å². The van der Waals surface area contributed by atoms with E-state index in [0.29, 0.717) is 11.7 Å². The Balaban J connectivity index is 1.70. The van der Waals surface area contributed by atoms with Crippen molar-refractivity contribution in [2.75, 3.05) is 17.6 Å². The number of halogens is 1. The molecule has 0 aliphatic heterocycles. The molecule has 0 radical (unpaired) electrons. The second kappa shape index (κ2) is 7.64. The summed E-state index contributed by atoms with van der Waals surface area (Å²) in [7, 11) is 0. The normalized spacial score (nSPS) is 21.9. The average molecular weight is 296 g/mol. The Bertz CT molecular complexity index is 455. The van der Waals surface area contributed by atoms with Crippen LogP contribution < -0.4 is 10.6 Å². The Morgan fingerprint density at radius 1 is 1.45 bits per heavy atom. The molecule has 0 bridgehead atoms. The molecule has 2 rings (SSSR count). The molecule has 2 atom stereocenters. The van der Waals surface area contributed by atoms with Crippen LogP contribution in [0.15, 0.2) is 24.3 Å². The largest absolute Gasteiger partial charge is 0.325 e. The summed E-state index contributed by atoms with van der Waals surface area (Å²) in [5.41, 5.74) is 0.502. The third-order valence-corrected chi connectivity index (χ3v) is 4.68. The summed E-state index contributed by atoms with van der Waals surface area (Å²) < 4.78 is 13.0. The lowest BCUT2D eigenvalue weighted by Crippen LogP contribution is -2.34. The predicted octanol–water partition coefficient (Wildman–Crippen LogP) is 3.03. The Morgan fingerprint density at radius 2 is 2.30 bits per heavy atom. The van der Waals surface area contributed by atoms with Crippen LogP contribution in [0.4, 0.5) is 10.1 Å². The van der Waals surface area contributed by atoms with Gasteiger partial charge in [0.25, 0.3) is 0 Å².